The molecule has 0 saturated carbocycles. The van der Waals surface area contributed by atoms with E-state index < -0.39 is 22.9 Å². The second-order valence-electron chi connectivity index (χ2n) is 4.75. The van der Waals surface area contributed by atoms with Crippen molar-refractivity contribution in [1.29, 1.82) is 0 Å². The van der Waals surface area contributed by atoms with Crippen molar-refractivity contribution >= 4 is 11.0 Å². The fourth-order valence-corrected chi connectivity index (χ4v) is 2.34. The number of nitrogens with one attached hydrogen (secondary N) is 1. The average molecular weight is 291 g/mol. The molecule has 0 amide bonds. The Labute approximate surface area is 117 Å². The maximum absolute atomic E-state index is 13.8. The van der Waals surface area contributed by atoms with Crippen LogP contribution in [0, 0.1) is 11.6 Å². The second kappa shape index (κ2) is 4.41. The molecule has 0 spiro atoms. The lowest BCUT2D eigenvalue weighted by molar-refractivity contribution is 0.589. The first-order chi connectivity index (χ1) is 9.91. The van der Waals surface area contributed by atoms with Gasteiger partial charge in [-0.25, -0.2) is 13.6 Å². The number of fused-ring (bicyclic) bond motifs is 1. The van der Waals surface area contributed by atoms with E-state index in [-0.39, 0.29) is 16.8 Å². The number of hydrogen-bond donors (Lipinski definition) is 1. The molecule has 0 aliphatic carbocycles. The van der Waals surface area contributed by atoms with Crippen LogP contribution in [0.15, 0.2) is 33.9 Å². The summed E-state index contributed by atoms with van der Waals surface area (Å²) in [5.41, 5.74) is -0.789. The van der Waals surface area contributed by atoms with Gasteiger partial charge < -0.3 is 4.98 Å². The molecule has 108 valence electrons. The Morgan fingerprint density at radius 1 is 1.05 bits per heavy atom. The first-order valence-corrected chi connectivity index (χ1v) is 6.15. The summed E-state index contributed by atoms with van der Waals surface area (Å²) in [6.45, 7) is 0. The van der Waals surface area contributed by atoms with Crippen molar-refractivity contribution in [2.24, 2.45) is 14.1 Å². The standard InChI is InChI=1S/C14H11F2N3O2/c1-18-10-6-9(11-7(15)4-3-5-8(11)16)17-12(10)13(20)19(2)14(18)21/h3-6,17H,1-2H3. The molecule has 0 unspecified atom stereocenters. The molecule has 0 aliphatic heterocycles. The fraction of sp³-hybridized carbons (Fsp3) is 0.143. The van der Waals surface area contributed by atoms with Gasteiger partial charge in [0.05, 0.1) is 16.8 Å². The molecule has 7 heteroatoms. The molecule has 1 N–H and O–H groups in total. The monoisotopic (exact) mass is 291 g/mol. The van der Waals surface area contributed by atoms with Crippen LogP contribution in [-0.2, 0) is 14.1 Å². The van der Waals surface area contributed by atoms with Crippen LogP contribution in [0.25, 0.3) is 22.3 Å². The third-order valence-corrected chi connectivity index (χ3v) is 3.48. The van der Waals surface area contributed by atoms with Gasteiger partial charge in [-0.05, 0) is 18.2 Å². The van der Waals surface area contributed by atoms with Crippen LogP contribution in [-0.4, -0.2) is 14.1 Å². The number of rotatable bonds is 1. The van der Waals surface area contributed by atoms with Gasteiger partial charge in [0.1, 0.15) is 17.2 Å². The van der Waals surface area contributed by atoms with Gasteiger partial charge >= 0.3 is 5.69 Å². The minimum absolute atomic E-state index is 0.110. The minimum Gasteiger partial charge on any atom is -0.349 e. The van der Waals surface area contributed by atoms with E-state index in [2.05, 4.69) is 4.98 Å². The van der Waals surface area contributed by atoms with E-state index in [1.54, 1.807) is 0 Å². The van der Waals surface area contributed by atoms with Gasteiger partial charge in [-0.3, -0.25) is 13.9 Å². The summed E-state index contributed by atoms with van der Waals surface area (Å²) in [6.07, 6.45) is 0. The number of benzene rings is 1. The van der Waals surface area contributed by atoms with Gasteiger partial charge in [0, 0.05) is 14.1 Å². The molecular weight excluding hydrogens is 280 g/mol. The summed E-state index contributed by atoms with van der Waals surface area (Å²) < 4.78 is 29.8. The predicted octanol–water partition coefficient (Wildman–Crippen LogP) is 1.51. The summed E-state index contributed by atoms with van der Waals surface area (Å²) in [6, 6.07) is 4.90. The second-order valence-corrected chi connectivity index (χ2v) is 4.75. The molecule has 1 aromatic carbocycles. The van der Waals surface area contributed by atoms with Gasteiger partial charge in [0.25, 0.3) is 5.56 Å². The highest BCUT2D eigenvalue weighted by atomic mass is 19.1. The van der Waals surface area contributed by atoms with Crippen LogP contribution in [0.4, 0.5) is 8.78 Å². The summed E-state index contributed by atoms with van der Waals surface area (Å²) in [7, 11) is 2.83. The van der Waals surface area contributed by atoms with E-state index in [0.717, 1.165) is 16.7 Å². The molecule has 3 aromatic rings. The number of H-pyrrole nitrogens is 1. The van der Waals surface area contributed by atoms with Gasteiger partial charge in [-0.15, -0.1) is 0 Å². The highest BCUT2D eigenvalue weighted by molar-refractivity contribution is 5.82. The molecule has 0 atom stereocenters. The van der Waals surface area contributed by atoms with Crippen LogP contribution >= 0.6 is 0 Å². The van der Waals surface area contributed by atoms with E-state index in [0.29, 0.717) is 5.52 Å². The Kier molecular flexibility index (Phi) is 2.79. The smallest absolute Gasteiger partial charge is 0.331 e. The molecule has 3 rings (SSSR count). The molecule has 0 bridgehead atoms. The molecule has 21 heavy (non-hydrogen) atoms. The molecule has 2 heterocycles. The SMILES string of the molecule is Cn1c(=O)c2[nH]c(-c3c(F)cccc3F)cc2n(C)c1=O. The third kappa shape index (κ3) is 1.81. The van der Waals surface area contributed by atoms with E-state index in [1.165, 1.54) is 30.8 Å². The zero-order valence-corrected chi connectivity index (χ0v) is 11.3. The lowest BCUT2D eigenvalue weighted by Gasteiger charge is -2.02. The number of nitrogens with zero attached hydrogens (tertiary/aromatic N) is 2. The van der Waals surface area contributed by atoms with Crippen molar-refractivity contribution in [1.82, 2.24) is 14.1 Å². The van der Waals surface area contributed by atoms with Gasteiger partial charge in [-0.2, -0.15) is 0 Å². The minimum atomic E-state index is -0.747. The topological polar surface area (TPSA) is 59.8 Å². The number of aromatic nitrogens is 3. The van der Waals surface area contributed by atoms with E-state index >= 15 is 0 Å². The van der Waals surface area contributed by atoms with Crippen molar-refractivity contribution in [3.05, 3.63) is 56.7 Å². The zero-order chi connectivity index (χ0) is 15.3. The maximum Gasteiger partial charge on any atom is 0.331 e. The number of hydrogen-bond acceptors (Lipinski definition) is 2. The van der Waals surface area contributed by atoms with E-state index in [9.17, 15) is 18.4 Å². The van der Waals surface area contributed by atoms with Crippen molar-refractivity contribution < 1.29 is 8.78 Å². The lowest BCUT2D eigenvalue weighted by atomic mass is 10.1. The van der Waals surface area contributed by atoms with Crippen LogP contribution in [0.2, 0.25) is 0 Å². The van der Waals surface area contributed by atoms with Crippen molar-refractivity contribution in [3.63, 3.8) is 0 Å². The Morgan fingerprint density at radius 3 is 2.29 bits per heavy atom. The van der Waals surface area contributed by atoms with Crippen molar-refractivity contribution in [3.8, 4) is 11.3 Å². The Hall–Kier alpha value is -2.70. The van der Waals surface area contributed by atoms with E-state index in [4.69, 9.17) is 0 Å². The van der Waals surface area contributed by atoms with Gasteiger partial charge in [0.15, 0.2) is 0 Å². The Balaban J connectivity index is 2.43. The Bertz CT molecular complexity index is 962. The van der Waals surface area contributed by atoms with Gasteiger partial charge in [-0.1, -0.05) is 6.07 Å². The quantitative estimate of drug-likeness (QED) is 0.739. The van der Waals surface area contributed by atoms with E-state index in [1.807, 2.05) is 0 Å². The molecule has 2 aromatic heterocycles. The first-order valence-electron chi connectivity index (χ1n) is 6.15. The molecule has 0 aliphatic rings. The van der Waals surface area contributed by atoms with Crippen molar-refractivity contribution in [2.45, 2.75) is 0 Å². The normalized spacial score (nSPS) is 11.2. The summed E-state index contributed by atoms with van der Waals surface area (Å²) in [4.78, 5) is 26.6. The predicted molar refractivity (Wildman–Crippen MR) is 74.1 cm³/mol. The number of aromatic amines is 1. The molecule has 0 fully saturated rings. The van der Waals surface area contributed by atoms with Gasteiger partial charge in [0.2, 0.25) is 0 Å². The number of aryl methyl sites for hydroxylation is 1. The molecular formula is C14H11F2N3O2. The molecule has 0 radical (unpaired) electrons. The zero-order valence-electron chi connectivity index (χ0n) is 11.3. The molecule has 5 nitrogen and oxygen atoms in total. The fourth-order valence-electron chi connectivity index (χ4n) is 2.34. The summed E-state index contributed by atoms with van der Waals surface area (Å²) in [5.74, 6) is -1.49. The largest absolute Gasteiger partial charge is 0.349 e. The summed E-state index contributed by atoms with van der Waals surface area (Å²) in [5, 5.41) is 0. The first kappa shape index (κ1) is 13.3. The van der Waals surface area contributed by atoms with Crippen molar-refractivity contribution in [2.75, 3.05) is 0 Å². The number of halogens is 2. The highest BCUT2D eigenvalue weighted by Gasteiger charge is 2.17. The Morgan fingerprint density at radius 2 is 1.67 bits per heavy atom. The lowest BCUT2D eigenvalue weighted by Crippen LogP contribution is -2.36. The molecule has 0 saturated heterocycles. The highest BCUT2D eigenvalue weighted by Crippen LogP contribution is 2.26. The third-order valence-electron chi connectivity index (χ3n) is 3.48. The van der Waals surface area contributed by atoms with Crippen LogP contribution in [0.3, 0.4) is 0 Å². The summed E-state index contributed by atoms with van der Waals surface area (Å²) >= 11 is 0. The van der Waals surface area contributed by atoms with Crippen LogP contribution in [0.5, 0.6) is 0 Å². The maximum atomic E-state index is 13.8. The average Bonchev–Trinajstić information content (AvgIpc) is 2.88. The van der Waals surface area contributed by atoms with Crippen LogP contribution in [0.1, 0.15) is 0 Å². The van der Waals surface area contributed by atoms with Crippen LogP contribution < -0.4 is 11.2 Å².